The largest absolute Gasteiger partial charge is 0.465 e. The van der Waals surface area contributed by atoms with Gasteiger partial charge in [-0.2, -0.15) is 0 Å². The zero-order valence-corrected chi connectivity index (χ0v) is 13.5. The molecule has 2 rings (SSSR count). The Labute approximate surface area is 135 Å². The Bertz CT molecular complexity index is 693. The number of methoxy groups -OCH3 is 1. The van der Waals surface area contributed by atoms with Gasteiger partial charge in [0.25, 0.3) is 5.91 Å². The van der Waals surface area contributed by atoms with Crippen LogP contribution < -0.4 is 4.90 Å². The van der Waals surface area contributed by atoms with E-state index < -0.39 is 5.97 Å². The van der Waals surface area contributed by atoms with E-state index in [1.165, 1.54) is 12.0 Å². The predicted molar refractivity (Wildman–Crippen MR) is 85.6 cm³/mol. The monoisotopic (exact) mass is 316 g/mol. The minimum absolute atomic E-state index is 0.151. The zero-order valence-electron chi connectivity index (χ0n) is 13.5. The van der Waals surface area contributed by atoms with Crippen LogP contribution in [0, 0.1) is 6.92 Å². The second-order valence-corrected chi connectivity index (χ2v) is 5.15. The summed E-state index contributed by atoms with van der Waals surface area (Å²) >= 11 is 0. The quantitative estimate of drug-likeness (QED) is 0.765. The van der Waals surface area contributed by atoms with E-state index in [1.54, 1.807) is 37.3 Å². The molecular formula is C17H20N2O4. The number of benzene rings is 1. The number of hydrogen-bond acceptors (Lipinski definition) is 5. The molecule has 122 valence electrons. The van der Waals surface area contributed by atoms with Crippen molar-refractivity contribution in [3.8, 4) is 0 Å². The van der Waals surface area contributed by atoms with Gasteiger partial charge in [-0.05, 0) is 25.5 Å². The number of anilines is 1. The Morgan fingerprint density at radius 1 is 1.30 bits per heavy atom. The van der Waals surface area contributed by atoms with Crippen LogP contribution in [0.15, 0.2) is 34.9 Å². The van der Waals surface area contributed by atoms with Gasteiger partial charge in [0.1, 0.15) is 0 Å². The highest BCUT2D eigenvalue weighted by Gasteiger charge is 2.25. The lowest BCUT2D eigenvalue weighted by Crippen LogP contribution is -2.33. The molecule has 0 saturated carbocycles. The maximum atomic E-state index is 12.8. The Kier molecular flexibility index (Phi) is 5.51. The van der Waals surface area contributed by atoms with Crippen LogP contribution in [0.2, 0.25) is 0 Å². The molecule has 0 aliphatic heterocycles. The minimum Gasteiger partial charge on any atom is -0.465 e. The molecule has 0 spiro atoms. The summed E-state index contributed by atoms with van der Waals surface area (Å²) in [5, 5.41) is 3.75. The average molecular weight is 316 g/mol. The number of ether oxygens (including phenoxy) is 1. The van der Waals surface area contributed by atoms with Crippen molar-refractivity contribution in [2.45, 2.75) is 26.7 Å². The van der Waals surface area contributed by atoms with E-state index in [-0.39, 0.29) is 11.7 Å². The molecule has 2 aromatic rings. The van der Waals surface area contributed by atoms with Crippen molar-refractivity contribution in [2.75, 3.05) is 18.6 Å². The summed E-state index contributed by atoms with van der Waals surface area (Å²) in [6.45, 7) is 4.26. The van der Waals surface area contributed by atoms with E-state index in [1.807, 2.05) is 6.92 Å². The molecule has 1 aromatic heterocycles. The molecule has 0 atom stereocenters. The molecule has 1 heterocycles. The number of carbonyl (C=O) groups is 2. The Morgan fingerprint density at radius 3 is 2.65 bits per heavy atom. The van der Waals surface area contributed by atoms with Gasteiger partial charge in [0.2, 0.25) is 5.76 Å². The standard InChI is InChI=1S/C17H20N2O4/c1-4-5-10-19(16(20)15-11-12(2)18-23-15)14-9-7-6-8-13(14)17(21)22-3/h6-9,11H,4-5,10H2,1-3H3. The molecule has 0 fully saturated rings. The molecular weight excluding hydrogens is 296 g/mol. The third-order valence-electron chi connectivity index (χ3n) is 3.42. The highest BCUT2D eigenvalue weighted by atomic mass is 16.5. The summed E-state index contributed by atoms with van der Waals surface area (Å²) in [6.07, 6.45) is 1.72. The third kappa shape index (κ3) is 3.77. The van der Waals surface area contributed by atoms with E-state index in [0.29, 0.717) is 23.5 Å². The first-order valence-electron chi connectivity index (χ1n) is 7.51. The fourth-order valence-corrected chi connectivity index (χ4v) is 2.24. The summed E-state index contributed by atoms with van der Waals surface area (Å²) in [4.78, 5) is 26.3. The molecule has 0 aliphatic carbocycles. The smallest absolute Gasteiger partial charge is 0.339 e. The molecule has 23 heavy (non-hydrogen) atoms. The highest BCUT2D eigenvalue weighted by molar-refractivity contribution is 6.08. The molecule has 1 amide bonds. The second-order valence-electron chi connectivity index (χ2n) is 5.15. The van der Waals surface area contributed by atoms with Crippen LogP contribution in [-0.2, 0) is 4.74 Å². The van der Waals surface area contributed by atoms with Crippen LogP contribution in [0.4, 0.5) is 5.69 Å². The van der Waals surface area contributed by atoms with Gasteiger partial charge in [0, 0.05) is 12.6 Å². The molecule has 0 N–H and O–H groups in total. The lowest BCUT2D eigenvalue weighted by molar-refractivity contribution is 0.0601. The maximum absolute atomic E-state index is 12.8. The number of esters is 1. The predicted octanol–water partition coefficient (Wildman–Crippen LogP) is 3.22. The van der Waals surface area contributed by atoms with Gasteiger partial charge >= 0.3 is 5.97 Å². The zero-order chi connectivity index (χ0) is 16.8. The van der Waals surface area contributed by atoms with Gasteiger partial charge in [0.15, 0.2) is 0 Å². The van der Waals surface area contributed by atoms with Gasteiger partial charge in [-0.3, -0.25) is 4.79 Å². The number of aryl methyl sites for hydroxylation is 1. The number of hydrogen-bond donors (Lipinski definition) is 0. The fraction of sp³-hybridized carbons (Fsp3) is 0.353. The lowest BCUT2D eigenvalue weighted by Gasteiger charge is -2.23. The van der Waals surface area contributed by atoms with Crippen LogP contribution in [0.5, 0.6) is 0 Å². The number of nitrogens with zero attached hydrogens (tertiary/aromatic N) is 2. The number of amides is 1. The fourth-order valence-electron chi connectivity index (χ4n) is 2.24. The SMILES string of the molecule is CCCCN(C(=O)c1cc(C)no1)c1ccccc1C(=O)OC. The first-order valence-corrected chi connectivity index (χ1v) is 7.51. The number of carbonyl (C=O) groups excluding carboxylic acids is 2. The van der Waals surface area contributed by atoms with Crippen LogP contribution in [0.3, 0.4) is 0 Å². The molecule has 0 unspecified atom stereocenters. The number of rotatable bonds is 6. The molecule has 0 radical (unpaired) electrons. The minimum atomic E-state index is -0.483. The van der Waals surface area contributed by atoms with E-state index in [2.05, 4.69) is 5.16 Å². The summed E-state index contributed by atoms with van der Waals surface area (Å²) in [7, 11) is 1.32. The Morgan fingerprint density at radius 2 is 2.04 bits per heavy atom. The number of aromatic nitrogens is 1. The molecule has 0 aliphatic rings. The highest BCUT2D eigenvalue weighted by Crippen LogP contribution is 2.24. The number of unbranched alkanes of at least 4 members (excludes halogenated alkanes) is 1. The topological polar surface area (TPSA) is 72.6 Å². The van der Waals surface area contributed by atoms with E-state index >= 15 is 0 Å². The van der Waals surface area contributed by atoms with Crippen LogP contribution in [0.1, 0.15) is 46.4 Å². The second kappa shape index (κ2) is 7.58. The van der Waals surface area contributed by atoms with Crippen LogP contribution in [0.25, 0.3) is 0 Å². The van der Waals surface area contributed by atoms with Crippen molar-refractivity contribution in [2.24, 2.45) is 0 Å². The van der Waals surface area contributed by atoms with Gasteiger partial charge < -0.3 is 14.2 Å². The van der Waals surface area contributed by atoms with Crippen molar-refractivity contribution >= 4 is 17.6 Å². The van der Waals surface area contributed by atoms with Crippen molar-refractivity contribution < 1.29 is 18.8 Å². The summed E-state index contributed by atoms with van der Waals surface area (Å²) in [5.41, 5.74) is 1.48. The van der Waals surface area contributed by atoms with E-state index in [9.17, 15) is 9.59 Å². The first kappa shape index (κ1) is 16.7. The first-order chi connectivity index (χ1) is 11.1. The van der Waals surface area contributed by atoms with Gasteiger partial charge in [-0.25, -0.2) is 4.79 Å². The van der Waals surface area contributed by atoms with Crippen molar-refractivity contribution in [3.05, 3.63) is 47.3 Å². The Balaban J connectivity index is 2.43. The summed E-state index contributed by atoms with van der Waals surface area (Å²) in [5.74, 6) is -0.655. The lowest BCUT2D eigenvalue weighted by atomic mass is 10.1. The van der Waals surface area contributed by atoms with Gasteiger partial charge in [-0.1, -0.05) is 30.6 Å². The Hall–Kier alpha value is -2.63. The van der Waals surface area contributed by atoms with Gasteiger partial charge in [0.05, 0.1) is 24.1 Å². The average Bonchev–Trinajstić information content (AvgIpc) is 3.01. The summed E-state index contributed by atoms with van der Waals surface area (Å²) in [6, 6.07) is 8.46. The molecule has 6 nitrogen and oxygen atoms in total. The van der Waals surface area contributed by atoms with Gasteiger partial charge in [-0.15, -0.1) is 0 Å². The summed E-state index contributed by atoms with van der Waals surface area (Å²) < 4.78 is 9.89. The van der Waals surface area contributed by atoms with E-state index in [4.69, 9.17) is 9.26 Å². The van der Waals surface area contributed by atoms with Crippen LogP contribution >= 0.6 is 0 Å². The molecule has 1 aromatic carbocycles. The number of para-hydroxylation sites is 1. The van der Waals surface area contributed by atoms with Crippen molar-refractivity contribution in [3.63, 3.8) is 0 Å². The van der Waals surface area contributed by atoms with Crippen molar-refractivity contribution in [1.82, 2.24) is 5.16 Å². The maximum Gasteiger partial charge on any atom is 0.339 e. The van der Waals surface area contributed by atoms with Crippen molar-refractivity contribution in [1.29, 1.82) is 0 Å². The molecule has 0 saturated heterocycles. The normalized spacial score (nSPS) is 10.4. The molecule has 6 heteroatoms. The van der Waals surface area contributed by atoms with Crippen LogP contribution in [-0.4, -0.2) is 30.7 Å². The van der Waals surface area contributed by atoms with E-state index in [0.717, 1.165) is 12.8 Å². The molecule has 0 bridgehead atoms. The third-order valence-corrected chi connectivity index (χ3v) is 3.42.